The van der Waals surface area contributed by atoms with E-state index >= 15 is 0 Å². The first-order chi connectivity index (χ1) is 8.60. The molecule has 1 fully saturated rings. The number of hydrogen-bond donors (Lipinski definition) is 1. The second-order valence-corrected chi connectivity index (χ2v) is 5.33. The van der Waals surface area contributed by atoms with Crippen molar-refractivity contribution in [2.45, 2.75) is 38.1 Å². The fraction of sp³-hybridized carbons (Fsp3) is 0.429. The van der Waals surface area contributed by atoms with Crippen LogP contribution in [0, 0.1) is 0 Å². The maximum Gasteiger partial charge on any atom is 0.335 e. The normalized spacial score (nSPS) is 18.3. The van der Waals surface area contributed by atoms with Crippen molar-refractivity contribution in [1.29, 1.82) is 0 Å². The van der Waals surface area contributed by atoms with Crippen LogP contribution in [0.1, 0.15) is 43.0 Å². The van der Waals surface area contributed by atoms with Gasteiger partial charge in [0.25, 0.3) is 0 Å². The molecule has 0 aliphatic heterocycles. The average Bonchev–Trinajstić information content (AvgIpc) is 2.94. The van der Waals surface area contributed by atoms with E-state index in [1.165, 1.54) is 12.8 Å². The molecular formula is C14H16N2O2. The Balaban J connectivity index is 2.17. The molecule has 0 radical (unpaired) electrons. The molecule has 0 bridgehead atoms. The molecule has 2 aromatic rings. The molecule has 0 spiro atoms. The third kappa shape index (κ3) is 1.60. The number of carbonyl (C=O) groups is 1. The monoisotopic (exact) mass is 244 g/mol. The van der Waals surface area contributed by atoms with Gasteiger partial charge in [-0.15, -0.1) is 0 Å². The summed E-state index contributed by atoms with van der Waals surface area (Å²) in [6.45, 7) is 2.23. The predicted octanol–water partition coefficient (Wildman–Crippen LogP) is 3.02. The van der Waals surface area contributed by atoms with Crippen molar-refractivity contribution in [3.63, 3.8) is 0 Å². The Bertz CT molecular complexity index is 609. The van der Waals surface area contributed by atoms with Crippen molar-refractivity contribution < 1.29 is 9.90 Å². The summed E-state index contributed by atoms with van der Waals surface area (Å²) in [5.41, 5.74) is 2.21. The minimum absolute atomic E-state index is 0.0892. The Hall–Kier alpha value is -1.84. The fourth-order valence-electron chi connectivity index (χ4n) is 2.95. The maximum absolute atomic E-state index is 11.0. The number of rotatable bonds is 2. The lowest BCUT2D eigenvalue weighted by atomic mass is 10.00. The summed E-state index contributed by atoms with van der Waals surface area (Å²) in [7, 11) is 0. The molecule has 1 aromatic heterocycles. The lowest BCUT2D eigenvalue weighted by molar-refractivity contribution is 0.0697. The third-order valence-electron chi connectivity index (χ3n) is 4.06. The van der Waals surface area contributed by atoms with E-state index in [1.54, 1.807) is 18.2 Å². The zero-order chi connectivity index (χ0) is 12.8. The number of nitrogens with zero attached hydrogens (tertiary/aromatic N) is 2. The van der Waals surface area contributed by atoms with E-state index < -0.39 is 5.97 Å². The highest BCUT2D eigenvalue weighted by Gasteiger charge is 2.31. The van der Waals surface area contributed by atoms with Gasteiger partial charge in [0.1, 0.15) is 0 Å². The molecule has 1 saturated carbocycles. The second kappa shape index (κ2) is 3.83. The van der Waals surface area contributed by atoms with Crippen molar-refractivity contribution >= 4 is 17.0 Å². The topological polar surface area (TPSA) is 55.1 Å². The SMILES string of the molecule is CC1(n2cnc3ccc(C(=O)O)cc32)CCCC1. The molecule has 18 heavy (non-hydrogen) atoms. The van der Waals surface area contributed by atoms with Gasteiger partial charge >= 0.3 is 5.97 Å². The molecular weight excluding hydrogens is 228 g/mol. The number of hydrogen-bond acceptors (Lipinski definition) is 2. The van der Waals surface area contributed by atoms with Crippen molar-refractivity contribution in [3.05, 3.63) is 30.1 Å². The van der Waals surface area contributed by atoms with Crippen LogP contribution < -0.4 is 0 Å². The molecule has 4 heteroatoms. The number of carboxylic acid groups (broad SMARTS) is 1. The predicted molar refractivity (Wildman–Crippen MR) is 68.8 cm³/mol. The molecule has 1 aliphatic carbocycles. The molecule has 1 N–H and O–H groups in total. The van der Waals surface area contributed by atoms with E-state index in [0.29, 0.717) is 5.56 Å². The molecule has 3 rings (SSSR count). The van der Waals surface area contributed by atoms with Crippen LogP contribution in [0.15, 0.2) is 24.5 Å². The maximum atomic E-state index is 11.0. The minimum Gasteiger partial charge on any atom is -0.478 e. The summed E-state index contributed by atoms with van der Waals surface area (Å²) in [6, 6.07) is 5.13. The number of imidazole rings is 1. The molecule has 4 nitrogen and oxygen atoms in total. The van der Waals surface area contributed by atoms with Crippen LogP contribution in [-0.2, 0) is 5.54 Å². The van der Waals surface area contributed by atoms with Crippen LogP contribution in [0.2, 0.25) is 0 Å². The van der Waals surface area contributed by atoms with Gasteiger partial charge in [-0.2, -0.15) is 0 Å². The van der Waals surface area contributed by atoms with Gasteiger partial charge in [-0.05, 0) is 38.0 Å². The summed E-state index contributed by atoms with van der Waals surface area (Å²) < 4.78 is 2.15. The van der Waals surface area contributed by atoms with E-state index in [1.807, 2.05) is 6.33 Å². The largest absolute Gasteiger partial charge is 0.478 e. The lowest BCUT2D eigenvalue weighted by Crippen LogP contribution is -2.25. The van der Waals surface area contributed by atoms with E-state index in [0.717, 1.165) is 23.9 Å². The molecule has 94 valence electrons. The average molecular weight is 244 g/mol. The number of aromatic nitrogens is 2. The summed E-state index contributed by atoms with van der Waals surface area (Å²) in [5.74, 6) is -0.888. The van der Waals surface area contributed by atoms with Gasteiger partial charge in [0.2, 0.25) is 0 Å². The van der Waals surface area contributed by atoms with Gasteiger partial charge in [0, 0.05) is 5.54 Å². The van der Waals surface area contributed by atoms with Crippen molar-refractivity contribution in [3.8, 4) is 0 Å². The Labute approximate surface area is 105 Å². The highest BCUT2D eigenvalue weighted by molar-refractivity contribution is 5.92. The Kier molecular flexibility index (Phi) is 2.40. The quantitative estimate of drug-likeness (QED) is 0.883. The zero-order valence-electron chi connectivity index (χ0n) is 10.4. The van der Waals surface area contributed by atoms with Crippen molar-refractivity contribution in [2.24, 2.45) is 0 Å². The lowest BCUT2D eigenvalue weighted by Gasteiger charge is -2.26. The number of aromatic carboxylic acids is 1. The van der Waals surface area contributed by atoms with Crippen LogP contribution in [0.4, 0.5) is 0 Å². The van der Waals surface area contributed by atoms with Crippen LogP contribution in [0.25, 0.3) is 11.0 Å². The summed E-state index contributed by atoms with van der Waals surface area (Å²) in [4.78, 5) is 15.4. The first-order valence-electron chi connectivity index (χ1n) is 6.31. The van der Waals surface area contributed by atoms with Gasteiger partial charge in [-0.25, -0.2) is 9.78 Å². The second-order valence-electron chi connectivity index (χ2n) is 5.33. The first kappa shape index (κ1) is 11.3. The zero-order valence-corrected chi connectivity index (χ0v) is 10.4. The van der Waals surface area contributed by atoms with E-state index in [9.17, 15) is 4.79 Å². The van der Waals surface area contributed by atoms with Crippen molar-refractivity contribution in [2.75, 3.05) is 0 Å². The van der Waals surface area contributed by atoms with Gasteiger partial charge in [-0.3, -0.25) is 0 Å². The van der Waals surface area contributed by atoms with Gasteiger partial charge in [-0.1, -0.05) is 12.8 Å². The van der Waals surface area contributed by atoms with Crippen LogP contribution in [-0.4, -0.2) is 20.6 Å². The smallest absolute Gasteiger partial charge is 0.335 e. The number of carboxylic acids is 1. The van der Waals surface area contributed by atoms with Gasteiger partial charge < -0.3 is 9.67 Å². The number of fused-ring (bicyclic) bond motifs is 1. The molecule has 1 aliphatic rings. The van der Waals surface area contributed by atoms with Crippen LogP contribution in [0.5, 0.6) is 0 Å². The molecule has 0 atom stereocenters. The molecule has 1 aromatic carbocycles. The summed E-state index contributed by atoms with van der Waals surface area (Å²) in [5, 5.41) is 9.07. The Morgan fingerprint density at radius 1 is 1.39 bits per heavy atom. The third-order valence-corrected chi connectivity index (χ3v) is 4.06. The fourth-order valence-corrected chi connectivity index (χ4v) is 2.95. The van der Waals surface area contributed by atoms with E-state index in [2.05, 4.69) is 16.5 Å². The summed E-state index contributed by atoms with van der Waals surface area (Å²) in [6.07, 6.45) is 6.58. The standard InChI is InChI=1S/C14H16N2O2/c1-14(6-2-3-7-14)16-9-15-11-5-4-10(13(17)18)8-12(11)16/h4-5,8-9H,2-3,6-7H2,1H3,(H,17,18). The number of benzene rings is 1. The molecule has 1 heterocycles. The van der Waals surface area contributed by atoms with Crippen LogP contribution >= 0.6 is 0 Å². The molecule has 0 unspecified atom stereocenters. The Morgan fingerprint density at radius 3 is 2.78 bits per heavy atom. The highest BCUT2D eigenvalue weighted by Crippen LogP contribution is 2.38. The highest BCUT2D eigenvalue weighted by atomic mass is 16.4. The van der Waals surface area contributed by atoms with Crippen molar-refractivity contribution in [1.82, 2.24) is 9.55 Å². The molecule has 0 amide bonds. The molecule has 0 saturated heterocycles. The first-order valence-corrected chi connectivity index (χ1v) is 6.31. The Morgan fingerprint density at radius 2 is 2.11 bits per heavy atom. The van der Waals surface area contributed by atoms with E-state index in [-0.39, 0.29) is 5.54 Å². The summed E-state index contributed by atoms with van der Waals surface area (Å²) >= 11 is 0. The van der Waals surface area contributed by atoms with E-state index in [4.69, 9.17) is 5.11 Å². The minimum atomic E-state index is -0.888. The van der Waals surface area contributed by atoms with Crippen LogP contribution in [0.3, 0.4) is 0 Å². The van der Waals surface area contributed by atoms with Gasteiger partial charge in [0.15, 0.2) is 0 Å². The van der Waals surface area contributed by atoms with Gasteiger partial charge in [0.05, 0.1) is 22.9 Å².